The van der Waals surface area contributed by atoms with Crippen LogP contribution in [0.4, 0.5) is 11.4 Å². The number of amides is 1. The molecule has 2 aromatic rings. The Morgan fingerprint density at radius 1 is 1.33 bits per heavy atom. The summed E-state index contributed by atoms with van der Waals surface area (Å²) < 4.78 is 34.6. The first-order valence-electron chi connectivity index (χ1n) is 8.61. The molecule has 27 heavy (non-hydrogen) atoms. The molecule has 0 radical (unpaired) electrons. The number of hydrogen-bond donors (Lipinski definition) is 1. The van der Waals surface area contributed by atoms with E-state index in [0.29, 0.717) is 34.6 Å². The van der Waals surface area contributed by atoms with Crippen LogP contribution >= 0.6 is 15.9 Å². The van der Waals surface area contributed by atoms with Crippen LogP contribution in [-0.2, 0) is 21.2 Å². The zero-order valence-electron chi connectivity index (χ0n) is 15.3. The second-order valence-corrected chi connectivity index (χ2v) is 8.89. The predicted molar refractivity (Wildman–Crippen MR) is 109 cm³/mol. The van der Waals surface area contributed by atoms with E-state index in [1.54, 1.807) is 41.3 Å². The van der Waals surface area contributed by atoms with Crippen molar-refractivity contribution in [3.8, 4) is 5.75 Å². The van der Waals surface area contributed by atoms with Crippen LogP contribution < -0.4 is 14.4 Å². The first-order valence-corrected chi connectivity index (χ1v) is 10.9. The fourth-order valence-electron chi connectivity index (χ4n) is 3.34. The SMILES string of the molecule is CCOc1ccccc1NS(=O)(=O)c1cc2c(cc1Br)CC(C)N2C(C)=O. The summed E-state index contributed by atoms with van der Waals surface area (Å²) in [5.74, 6) is 0.349. The molecule has 0 bridgehead atoms. The van der Waals surface area contributed by atoms with E-state index in [0.717, 1.165) is 5.56 Å². The molecule has 0 saturated heterocycles. The molecular formula is C19H21BrN2O4S. The van der Waals surface area contributed by atoms with Crippen molar-refractivity contribution in [1.82, 2.24) is 0 Å². The van der Waals surface area contributed by atoms with Crippen LogP contribution in [-0.4, -0.2) is 27.0 Å². The maximum atomic E-state index is 13.0. The minimum absolute atomic E-state index is 0.00556. The number of para-hydroxylation sites is 2. The Labute approximate surface area is 167 Å². The van der Waals surface area contributed by atoms with Crippen LogP contribution in [0, 0.1) is 0 Å². The molecule has 1 amide bonds. The summed E-state index contributed by atoms with van der Waals surface area (Å²) in [6.45, 7) is 5.69. The third-order valence-electron chi connectivity index (χ3n) is 4.41. The van der Waals surface area contributed by atoms with Crippen molar-refractivity contribution in [3.05, 3.63) is 46.4 Å². The molecule has 8 heteroatoms. The molecular weight excluding hydrogens is 432 g/mol. The number of halogens is 1. The van der Waals surface area contributed by atoms with Gasteiger partial charge in [0, 0.05) is 23.1 Å². The maximum Gasteiger partial charge on any atom is 0.263 e. The first-order chi connectivity index (χ1) is 12.7. The number of sulfonamides is 1. The Hall–Kier alpha value is -2.06. The summed E-state index contributed by atoms with van der Waals surface area (Å²) in [6, 6.07) is 10.2. The number of carbonyl (C=O) groups is 1. The van der Waals surface area contributed by atoms with Crippen LogP contribution in [0.1, 0.15) is 26.3 Å². The number of benzene rings is 2. The smallest absolute Gasteiger partial charge is 0.263 e. The van der Waals surface area contributed by atoms with Gasteiger partial charge < -0.3 is 9.64 Å². The molecule has 0 saturated carbocycles. The van der Waals surface area contributed by atoms with Gasteiger partial charge in [0.1, 0.15) is 10.6 Å². The van der Waals surface area contributed by atoms with Crippen molar-refractivity contribution >= 4 is 43.2 Å². The van der Waals surface area contributed by atoms with Gasteiger partial charge in [-0.15, -0.1) is 0 Å². The highest BCUT2D eigenvalue weighted by Gasteiger charge is 2.32. The van der Waals surface area contributed by atoms with E-state index in [1.807, 2.05) is 13.8 Å². The molecule has 1 heterocycles. The van der Waals surface area contributed by atoms with Gasteiger partial charge in [-0.3, -0.25) is 9.52 Å². The number of hydrogen-bond acceptors (Lipinski definition) is 4. The number of carbonyl (C=O) groups excluding carboxylic acids is 1. The summed E-state index contributed by atoms with van der Waals surface area (Å²) >= 11 is 3.37. The fourth-order valence-corrected chi connectivity index (χ4v) is 5.52. The number of nitrogens with one attached hydrogen (secondary N) is 1. The Bertz CT molecular complexity index is 991. The highest BCUT2D eigenvalue weighted by atomic mass is 79.9. The lowest BCUT2D eigenvalue weighted by Gasteiger charge is -2.21. The van der Waals surface area contributed by atoms with Crippen LogP contribution in [0.2, 0.25) is 0 Å². The minimum atomic E-state index is -3.89. The van der Waals surface area contributed by atoms with E-state index in [9.17, 15) is 13.2 Å². The first kappa shape index (κ1) is 19.7. The van der Waals surface area contributed by atoms with Crippen molar-refractivity contribution in [3.63, 3.8) is 0 Å². The average molecular weight is 453 g/mol. The van der Waals surface area contributed by atoms with Gasteiger partial charge >= 0.3 is 0 Å². The Balaban J connectivity index is 2.03. The van der Waals surface area contributed by atoms with Crippen molar-refractivity contribution in [1.29, 1.82) is 0 Å². The maximum absolute atomic E-state index is 13.0. The number of rotatable bonds is 5. The largest absolute Gasteiger partial charge is 0.492 e. The average Bonchev–Trinajstić information content (AvgIpc) is 2.90. The zero-order valence-corrected chi connectivity index (χ0v) is 17.7. The topological polar surface area (TPSA) is 75.7 Å². The summed E-state index contributed by atoms with van der Waals surface area (Å²) in [7, 11) is -3.89. The highest BCUT2D eigenvalue weighted by molar-refractivity contribution is 9.10. The minimum Gasteiger partial charge on any atom is -0.492 e. The van der Waals surface area contributed by atoms with Gasteiger partial charge in [0.05, 0.1) is 12.3 Å². The standard InChI is InChI=1S/C19H21BrN2O4S/c1-4-26-18-8-6-5-7-16(18)21-27(24,25)19-11-17-14(10-15(19)20)9-12(2)22(17)13(3)23/h5-8,10-12,21H,4,9H2,1-3H3. The molecule has 1 N–H and O–H groups in total. The molecule has 144 valence electrons. The molecule has 0 aromatic heterocycles. The molecule has 3 rings (SSSR count). The lowest BCUT2D eigenvalue weighted by molar-refractivity contribution is -0.116. The summed E-state index contributed by atoms with van der Waals surface area (Å²) in [6.07, 6.45) is 0.689. The van der Waals surface area contributed by atoms with Crippen LogP contribution in [0.25, 0.3) is 0 Å². The number of anilines is 2. The third-order valence-corrected chi connectivity index (χ3v) is 6.73. The van der Waals surface area contributed by atoms with E-state index in [2.05, 4.69) is 20.7 Å². The number of fused-ring (bicyclic) bond motifs is 1. The summed E-state index contributed by atoms with van der Waals surface area (Å²) in [5.41, 5.74) is 1.94. The highest BCUT2D eigenvalue weighted by Crippen LogP contribution is 2.39. The Morgan fingerprint density at radius 2 is 2.04 bits per heavy atom. The van der Waals surface area contributed by atoms with Gasteiger partial charge in [-0.05, 0) is 66.0 Å². The predicted octanol–water partition coefficient (Wildman–Crippen LogP) is 3.95. The lowest BCUT2D eigenvalue weighted by Crippen LogP contribution is -2.33. The second-order valence-electron chi connectivity index (χ2n) is 6.39. The van der Waals surface area contributed by atoms with Gasteiger partial charge in [0.15, 0.2) is 0 Å². The molecule has 1 aliphatic rings. The van der Waals surface area contributed by atoms with Gasteiger partial charge in [-0.2, -0.15) is 0 Å². The van der Waals surface area contributed by atoms with E-state index in [-0.39, 0.29) is 16.8 Å². The Morgan fingerprint density at radius 3 is 2.70 bits per heavy atom. The van der Waals surface area contributed by atoms with E-state index >= 15 is 0 Å². The Kier molecular flexibility index (Phi) is 5.48. The molecule has 2 aromatic carbocycles. The van der Waals surface area contributed by atoms with Crippen molar-refractivity contribution in [2.24, 2.45) is 0 Å². The van der Waals surface area contributed by atoms with Gasteiger partial charge in [0.25, 0.3) is 10.0 Å². The van der Waals surface area contributed by atoms with Crippen LogP contribution in [0.15, 0.2) is 45.8 Å². The molecule has 1 atom stereocenters. The number of nitrogens with zero attached hydrogens (tertiary/aromatic N) is 1. The molecule has 6 nitrogen and oxygen atoms in total. The monoisotopic (exact) mass is 452 g/mol. The van der Waals surface area contributed by atoms with Gasteiger partial charge in [0.2, 0.25) is 5.91 Å². The molecule has 1 unspecified atom stereocenters. The van der Waals surface area contributed by atoms with Gasteiger partial charge in [-0.1, -0.05) is 12.1 Å². The van der Waals surface area contributed by atoms with Crippen molar-refractivity contribution in [2.75, 3.05) is 16.2 Å². The van der Waals surface area contributed by atoms with Crippen LogP contribution in [0.5, 0.6) is 5.75 Å². The molecule has 0 fully saturated rings. The number of ether oxygens (including phenoxy) is 1. The van der Waals surface area contributed by atoms with E-state index < -0.39 is 10.0 Å². The van der Waals surface area contributed by atoms with E-state index in [4.69, 9.17) is 4.74 Å². The molecule has 1 aliphatic heterocycles. The zero-order chi connectivity index (χ0) is 19.8. The molecule has 0 aliphatic carbocycles. The molecule has 0 spiro atoms. The van der Waals surface area contributed by atoms with E-state index in [1.165, 1.54) is 6.92 Å². The van der Waals surface area contributed by atoms with Crippen molar-refractivity contribution < 1.29 is 17.9 Å². The lowest BCUT2D eigenvalue weighted by atomic mass is 10.1. The summed E-state index contributed by atoms with van der Waals surface area (Å²) in [4.78, 5) is 13.7. The normalized spacial score (nSPS) is 16.1. The van der Waals surface area contributed by atoms with Crippen molar-refractivity contribution in [2.45, 2.75) is 38.1 Å². The summed E-state index contributed by atoms with van der Waals surface area (Å²) in [5, 5.41) is 0. The quantitative estimate of drug-likeness (QED) is 0.744. The van der Waals surface area contributed by atoms with Gasteiger partial charge in [-0.25, -0.2) is 8.42 Å². The fraction of sp³-hybridized carbons (Fsp3) is 0.316. The van der Waals surface area contributed by atoms with Crippen LogP contribution in [0.3, 0.4) is 0 Å². The third kappa shape index (κ3) is 3.82. The second kappa shape index (κ2) is 7.52.